The molecule has 1 aliphatic rings. The van der Waals surface area contributed by atoms with E-state index in [1.54, 1.807) is 11.8 Å². The van der Waals surface area contributed by atoms with E-state index in [0.29, 0.717) is 29.6 Å². The van der Waals surface area contributed by atoms with Crippen LogP contribution in [0.3, 0.4) is 0 Å². The minimum Gasteiger partial charge on any atom is -0.450 e. The maximum Gasteiger partial charge on any atom is 0.375 e. The van der Waals surface area contributed by atoms with Gasteiger partial charge in [-0.15, -0.1) is 0 Å². The predicted octanol–water partition coefficient (Wildman–Crippen LogP) is 3.62. The van der Waals surface area contributed by atoms with Crippen molar-refractivity contribution in [3.05, 3.63) is 70.7 Å². The molecule has 2 aromatic carbocycles. The number of carbonyl (C=O) groups excluding carboxylic acids is 2. The van der Waals surface area contributed by atoms with Crippen molar-refractivity contribution in [2.75, 3.05) is 13.2 Å². The van der Waals surface area contributed by atoms with Crippen molar-refractivity contribution >= 4 is 22.8 Å². The number of nitrogens with zero attached hydrogens (tertiary/aromatic N) is 1. The van der Waals surface area contributed by atoms with E-state index < -0.39 is 11.8 Å². The fourth-order valence-corrected chi connectivity index (χ4v) is 3.38. The van der Waals surface area contributed by atoms with Crippen LogP contribution in [0, 0.1) is 12.7 Å². The summed E-state index contributed by atoms with van der Waals surface area (Å²) in [5.41, 5.74) is 3.25. The van der Waals surface area contributed by atoms with E-state index in [1.165, 1.54) is 23.8 Å². The fraction of sp³-hybridized carbons (Fsp3) is 0.238. The molecule has 0 unspecified atom stereocenters. The highest BCUT2D eigenvalue weighted by Gasteiger charge is 2.24. The second-order valence-electron chi connectivity index (χ2n) is 6.61. The third-order valence-electron chi connectivity index (χ3n) is 4.89. The summed E-state index contributed by atoms with van der Waals surface area (Å²) in [4.78, 5) is 26.4. The van der Waals surface area contributed by atoms with Gasteiger partial charge < -0.3 is 14.1 Å². The van der Waals surface area contributed by atoms with Gasteiger partial charge in [-0.05, 0) is 42.7 Å². The Morgan fingerprint density at radius 2 is 1.96 bits per heavy atom. The molecule has 6 heteroatoms. The third kappa shape index (κ3) is 3.30. The smallest absolute Gasteiger partial charge is 0.375 e. The van der Waals surface area contributed by atoms with Crippen LogP contribution in [-0.2, 0) is 22.5 Å². The molecule has 1 aliphatic heterocycles. The van der Waals surface area contributed by atoms with Crippen LogP contribution >= 0.6 is 0 Å². The maximum absolute atomic E-state index is 13.4. The average molecular weight is 367 g/mol. The number of hydrogen-bond acceptors (Lipinski definition) is 4. The van der Waals surface area contributed by atoms with E-state index in [-0.39, 0.29) is 18.3 Å². The lowest BCUT2D eigenvalue weighted by Crippen LogP contribution is -2.38. The molecule has 0 radical (unpaired) electrons. The zero-order chi connectivity index (χ0) is 19.0. The Morgan fingerprint density at radius 1 is 1.19 bits per heavy atom. The molecule has 0 saturated heterocycles. The zero-order valence-corrected chi connectivity index (χ0v) is 14.8. The number of fused-ring (bicyclic) bond motifs is 2. The molecule has 2 heterocycles. The Labute approximate surface area is 155 Å². The second-order valence-corrected chi connectivity index (χ2v) is 6.61. The minimum absolute atomic E-state index is 0.00705. The highest BCUT2D eigenvalue weighted by Crippen LogP contribution is 2.26. The van der Waals surface area contributed by atoms with Crippen LogP contribution in [0.25, 0.3) is 11.0 Å². The summed E-state index contributed by atoms with van der Waals surface area (Å²) in [6.07, 6.45) is 0.782. The van der Waals surface area contributed by atoms with Crippen molar-refractivity contribution in [3.8, 4) is 0 Å². The number of hydrogen-bond donors (Lipinski definition) is 0. The molecule has 138 valence electrons. The van der Waals surface area contributed by atoms with Gasteiger partial charge in [0.25, 0.3) is 5.91 Å². The van der Waals surface area contributed by atoms with Crippen molar-refractivity contribution in [2.45, 2.75) is 19.9 Å². The maximum atomic E-state index is 13.4. The van der Waals surface area contributed by atoms with E-state index in [4.69, 9.17) is 9.15 Å². The van der Waals surface area contributed by atoms with Gasteiger partial charge in [0.15, 0.2) is 6.61 Å². The lowest BCUT2D eigenvalue weighted by Gasteiger charge is -2.28. The minimum atomic E-state index is -0.727. The molecule has 0 fully saturated rings. The van der Waals surface area contributed by atoms with Crippen LogP contribution in [-0.4, -0.2) is 29.9 Å². The van der Waals surface area contributed by atoms with Crippen molar-refractivity contribution < 1.29 is 23.1 Å². The van der Waals surface area contributed by atoms with Crippen LogP contribution < -0.4 is 0 Å². The number of halogens is 1. The summed E-state index contributed by atoms with van der Waals surface area (Å²) in [5.74, 6) is -1.40. The number of benzene rings is 2. The number of rotatable bonds is 3. The molecule has 3 aromatic rings. The van der Waals surface area contributed by atoms with Gasteiger partial charge in [-0.3, -0.25) is 4.79 Å². The summed E-state index contributed by atoms with van der Waals surface area (Å²) in [6, 6.07) is 12.0. The van der Waals surface area contributed by atoms with E-state index >= 15 is 0 Å². The van der Waals surface area contributed by atoms with E-state index in [0.717, 1.165) is 12.0 Å². The van der Waals surface area contributed by atoms with Crippen molar-refractivity contribution in [3.63, 3.8) is 0 Å². The molecule has 0 aliphatic carbocycles. The molecule has 5 nitrogen and oxygen atoms in total. The lowest BCUT2D eigenvalue weighted by atomic mass is 10.00. The first-order valence-corrected chi connectivity index (χ1v) is 8.73. The van der Waals surface area contributed by atoms with Gasteiger partial charge in [0, 0.05) is 24.0 Å². The fourth-order valence-electron chi connectivity index (χ4n) is 3.38. The van der Waals surface area contributed by atoms with Crippen molar-refractivity contribution in [2.24, 2.45) is 0 Å². The molecule has 1 aromatic heterocycles. The first-order chi connectivity index (χ1) is 13.0. The summed E-state index contributed by atoms with van der Waals surface area (Å²) >= 11 is 0. The Bertz CT molecular complexity index is 1040. The van der Waals surface area contributed by atoms with Gasteiger partial charge in [-0.2, -0.15) is 0 Å². The number of esters is 1. The highest BCUT2D eigenvalue weighted by atomic mass is 19.1. The molecule has 0 bridgehead atoms. The van der Waals surface area contributed by atoms with E-state index in [2.05, 4.69) is 6.07 Å². The summed E-state index contributed by atoms with van der Waals surface area (Å²) in [6.45, 7) is 2.41. The highest BCUT2D eigenvalue weighted by molar-refractivity contribution is 5.96. The van der Waals surface area contributed by atoms with Gasteiger partial charge in [0.2, 0.25) is 5.76 Å². The molecule has 27 heavy (non-hydrogen) atoms. The van der Waals surface area contributed by atoms with Gasteiger partial charge in [0.1, 0.15) is 11.4 Å². The van der Waals surface area contributed by atoms with Crippen LogP contribution in [0.1, 0.15) is 27.2 Å². The molecular weight excluding hydrogens is 349 g/mol. The number of carbonyl (C=O) groups is 2. The predicted molar refractivity (Wildman–Crippen MR) is 96.8 cm³/mol. The monoisotopic (exact) mass is 367 g/mol. The van der Waals surface area contributed by atoms with Gasteiger partial charge in [0.05, 0.1) is 0 Å². The van der Waals surface area contributed by atoms with Gasteiger partial charge in [-0.25, -0.2) is 9.18 Å². The summed E-state index contributed by atoms with van der Waals surface area (Å²) in [7, 11) is 0. The third-order valence-corrected chi connectivity index (χ3v) is 4.89. The molecular formula is C21H18FNO4. The zero-order valence-electron chi connectivity index (χ0n) is 14.8. The molecule has 0 atom stereocenters. The van der Waals surface area contributed by atoms with Crippen LogP contribution in [0.4, 0.5) is 4.39 Å². The van der Waals surface area contributed by atoms with Gasteiger partial charge >= 0.3 is 5.97 Å². The summed E-state index contributed by atoms with van der Waals surface area (Å²) < 4.78 is 24.0. The average Bonchev–Trinajstić information content (AvgIpc) is 3.01. The molecule has 0 spiro atoms. The standard InChI is InChI=1S/C21H18FNO4/c1-13-17-10-16(22)6-7-18(17)27-20(13)21(25)26-12-19(24)23-9-8-14-4-2-3-5-15(14)11-23/h2-7,10H,8-9,11-12H2,1H3. The first kappa shape index (κ1) is 17.3. The van der Waals surface area contributed by atoms with E-state index in [9.17, 15) is 14.0 Å². The lowest BCUT2D eigenvalue weighted by molar-refractivity contribution is -0.135. The number of furan rings is 1. The topological polar surface area (TPSA) is 59.8 Å². The molecule has 0 N–H and O–H groups in total. The van der Waals surface area contributed by atoms with Crippen molar-refractivity contribution in [1.29, 1.82) is 0 Å². The van der Waals surface area contributed by atoms with Crippen molar-refractivity contribution in [1.82, 2.24) is 4.90 Å². The number of ether oxygens (including phenoxy) is 1. The van der Waals surface area contributed by atoms with Crippen LogP contribution in [0.2, 0.25) is 0 Å². The molecule has 1 amide bonds. The Hall–Kier alpha value is -3.15. The molecule has 4 rings (SSSR count). The van der Waals surface area contributed by atoms with E-state index in [1.807, 2.05) is 18.2 Å². The van der Waals surface area contributed by atoms with Crippen LogP contribution in [0.15, 0.2) is 46.9 Å². The Morgan fingerprint density at radius 3 is 2.78 bits per heavy atom. The largest absolute Gasteiger partial charge is 0.450 e. The molecule has 0 saturated carbocycles. The number of aryl methyl sites for hydroxylation is 1. The van der Waals surface area contributed by atoms with Gasteiger partial charge in [-0.1, -0.05) is 24.3 Å². The normalized spacial score (nSPS) is 13.5. The SMILES string of the molecule is Cc1c(C(=O)OCC(=O)N2CCc3ccccc3C2)oc2ccc(F)cc12. The quantitative estimate of drug-likeness (QED) is 0.664. The summed E-state index contributed by atoms with van der Waals surface area (Å²) in [5, 5.41) is 0.515. The second kappa shape index (κ2) is 6.87. The first-order valence-electron chi connectivity index (χ1n) is 8.73. The Kier molecular flexibility index (Phi) is 4.39. The Balaban J connectivity index is 1.42. The number of amides is 1. The van der Waals surface area contributed by atoms with Crippen LogP contribution in [0.5, 0.6) is 0 Å².